The standard InChI is InChI=1S/C17H33N4O3P/c1-25(22,23-12-8-4-2-6-10-16(20)14-18)24-13-9-5-3-7-11-17(21)15-19/h16-17H,2-13,20-21H2,1H3. The lowest BCUT2D eigenvalue weighted by molar-refractivity contribution is 0.202. The molecular formula is C17H33N4O3P. The molecule has 7 nitrogen and oxygen atoms in total. The van der Waals surface area contributed by atoms with Gasteiger partial charge < -0.3 is 20.5 Å². The van der Waals surface area contributed by atoms with Crippen molar-refractivity contribution in [3.8, 4) is 12.1 Å². The van der Waals surface area contributed by atoms with E-state index in [2.05, 4.69) is 0 Å². The van der Waals surface area contributed by atoms with Crippen molar-refractivity contribution in [1.82, 2.24) is 0 Å². The zero-order chi connectivity index (χ0) is 19.0. The van der Waals surface area contributed by atoms with Gasteiger partial charge in [-0.3, -0.25) is 4.57 Å². The largest absolute Gasteiger partial charge is 0.327 e. The van der Waals surface area contributed by atoms with Gasteiger partial charge in [0.2, 0.25) is 0 Å². The number of hydrogen-bond donors (Lipinski definition) is 2. The van der Waals surface area contributed by atoms with Crippen LogP contribution in [0.25, 0.3) is 0 Å². The summed E-state index contributed by atoms with van der Waals surface area (Å²) in [5, 5.41) is 17.1. The Morgan fingerprint density at radius 3 is 1.52 bits per heavy atom. The maximum absolute atomic E-state index is 12.1. The Hall–Kier alpha value is -0.950. The van der Waals surface area contributed by atoms with E-state index in [9.17, 15) is 4.57 Å². The normalized spacial score (nSPS) is 15.7. The van der Waals surface area contributed by atoms with E-state index in [1.165, 1.54) is 6.66 Å². The second-order valence-corrected chi connectivity index (χ2v) is 8.37. The van der Waals surface area contributed by atoms with E-state index < -0.39 is 7.60 Å². The first-order valence-electron chi connectivity index (χ1n) is 9.08. The monoisotopic (exact) mass is 372 g/mol. The number of nitriles is 2. The molecule has 0 fully saturated rings. The number of rotatable bonds is 16. The highest BCUT2D eigenvalue weighted by atomic mass is 31.2. The van der Waals surface area contributed by atoms with Crippen molar-refractivity contribution in [1.29, 1.82) is 10.5 Å². The molecule has 0 aromatic heterocycles. The van der Waals surface area contributed by atoms with Gasteiger partial charge in [-0.25, -0.2) is 0 Å². The van der Waals surface area contributed by atoms with Crippen molar-refractivity contribution >= 4 is 7.60 Å². The van der Waals surface area contributed by atoms with Gasteiger partial charge in [0.1, 0.15) is 0 Å². The molecule has 0 aliphatic rings. The fourth-order valence-electron chi connectivity index (χ4n) is 2.27. The van der Waals surface area contributed by atoms with Crippen molar-refractivity contribution < 1.29 is 13.6 Å². The molecule has 0 aromatic rings. The minimum Gasteiger partial charge on any atom is -0.316 e. The van der Waals surface area contributed by atoms with Crippen LogP contribution < -0.4 is 11.5 Å². The van der Waals surface area contributed by atoms with Gasteiger partial charge in [0.05, 0.1) is 37.4 Å². The van der Waals surface area contributed by atoms with Gasteiger partial charge >= 0.3 is 7.60 Å². The molecule has 25 heavy (non-hydrogen) atoms. The van der Waals surface area contributed by atoms with Gasteiger partial charge in [-0.15, -0.1) is 0 Å². The van der Waals surface area contributed by atoms with E-state index in [4.69, 9.17) is 31.0 Å². The van der Waals surface area contributed by atoms with Crippen LogP contribution in [0, 0.1) is 22.7 Å². The number of unbranched alkanes of at least 4 members (excludes halogenated alkanes) is 6. The van der Waals surface area contributed by atoms with E-state index in [0.717, 1.165) is 64.2 Å². The lowest BCUT2D eigenvalue weighted by atomic mass is 10.1. The Balaban J connectivity index is 3.48. The Morgan fingerprint density at radius 1 is 0.800 bits per heavy atom. The highest BCUT2D eigenvalue weighted by Gasteiger charge is 2.16. The lowest BCUT2D eigenvalue weighted by Gasteiger charge is -2.14. The van der Waals surface area contributed by atoms with Crippen LogP contribution in [0.15, 0.2) is 0 Å². The fraction of sp³-hybridized carbons (Fsp3) is 0.882. The smallest absolute Gasteiger partial charge is 0.316 e. The highest BCUT2D eigenvalue weighted by Crippen LogP contribution is 2.44. The third-order valence-corrected chi connectivity index (χ3v) is 5.11. The molecule has 0 spiro atoms. The van der Waals surface area contributed by atoms with Gasteiger partial charge in [-0.1, -0.05) is 38.5 Å². The molecule has 8 heteroatoms. The molecular weight excluding hydrogens is 339 g/mol. The summed E-state index contributed by atoms with van der Waals surface area (Å²) in [5.74, 6) is 0. The average molecular weight is 372 g/mol. The number of hydrogen-bond acceptors (Lipinski definition) is 7. The summed E-state index contributed by atoms with van der Waals surface area (Å²) in [7, 11) is -2.97. The molecule has 0 aromatic carbocycles. The summed E-state index contributed by atoms with van der Waals surface area (Å²) in [6, 6.07) is 3.28. The molecule has 0 bridgehead atoms. The van der Waals surface area contributed by atoms with Crippen molar-refractivity contribution in [2.24, 2.45) is 11.5 Å². The van der Waals surface area contributed by atoms with E-state index in [-0.39, 0.29) is 12.1 Å². The molecule has 0 heterocycles. The van der Waals surface area contributed by atoms with Gasteiger partial charge in [-0.2, -0.15) is 10.5 Å². The number of nitrogens with two attached hydrogens (primary N) is 2. The molecule has 0 aliphatic heterocycles. The molecule has 2 unspecified atom stereocenters. The summed E-state index contributed by atoms with van der Waals surface area (Å²) < 4.78 is 22.8. The minimum absolute atomic E-state index is 0.372. The quantitative estimate of drug-likeness (QED) is 0.313. The predicted molar refractivity (Wildman–Crippen MR) is 98.8 cm³/mol. The molecule has 0 amide bonds. The van der Waals surface area contributed by atoms with E-state index in [0.29, 0.717) is 13.2 Å². The second-order valence-electron chi connectivity index (χ2n) is 6.31. The molecule has 2 atom stereocenters. The third kappa shape index (κ3) is 16.3. The second kappa shape index (κ2) is 15.3. The Morgan fingerprint density at radius 2 is 1.16 bits per heavy atom. The van der Waals surface area contributed by atoms with E-state index in [1.54, 1.807) is 0 Å². The fourth-order valence-corrected chi connectivity index (χ4v) is 3.26. The van der Waals surface area contributed by atoms with Crippen molar-refractivity contribution in [2.75, 3.05) is 19.9 Å². The molecule has 0 saturated carbocycles. The highest BCUT2D eigenvalue weighted by molar-refractivity contribution is 7.52. The first-order valence-corrected chi connectivity index (χ1v) is 11.1. The van der Waals surface area contributed by atoms with Crippen LogP contribution in [0.3, 0.4) is 0 Å². The van der Waals surface area contributed by atoms with Crippen LogP contribution in [0.1, 0.15) is 64.2 Å². The predicted octanol–water partition coefficient (Wildman–Crippen LogP) is 3.45. The zero-order valence-electron chi connectivity index (χ0n) is 15.4. The summed E-state index contributed by atoms with van der Waals surface area (Å²) in [4.78, 5) is 0. The van der Waals surface area contributed by atoms with E-state index in [1.807, 2.05) is 12.1 Å². The first-order chi connectivity index (χ1) is 11.9. The summed E-state index contributed by atoms with van der Waals surface area (Å²) >= 11 is 0. The van der Waals surface area contributed by atoms with Gasteiger partial charge in [0.25, 0.3) is 0 Å². The van der Waals surface area contributed by atoms with Crippen molar-refractivity contribution in [3.05, 3.63) is 0 Å². The van der Waals surface area contributed by atoms with Crippen LogP contribution in [-0.2, 0) is 13.6 Å². The van der Waals surface area contributed by atoms with Crippen LogP contribution in [0.5, 0.6) is 0 Å². The number of nitrogens with zero attached hydrogens (tertiary/aromatic N) is 2. The summed E-state index contributed by atoms with van der Waals surface area (Å²) in [5.41, 5.74) is 11.0. The molecule has 4 N–H and O–H groups in total. The maximum atomic E-state index is 12.1. The Kier molecular flexibility index (Phi) is 14.7. The molecule has 0 radical (unpaired) electrons. The average Bonchev–Trinajstić information content (AvgIpc) is 2.59. The van der Waals surface area contributed by atoms with Crippen LogP contribution in [0.4, 0.5) is 0 Å². The minimum atomic E-state index is -2.97. The Bertz CT molecular complexity index is 424. The zero-order valence-corrected chi connectivity index (χ0v) is 16.3. The van der Waals surface area contributed by atoms with Crippen LogP contribution in [0.2, 0.25) is 0 Å². The van der Waals surface area contributed by atoms with Crippen LogP contribution in [-0.4, -0.2) is 32.0 Å². The van der Waals surface area contributed by atoms with Crippen molar-refractivity contribution in [3.63, 3.8) is 0 Å². The first kappa shape index (κ1) is 24.1. The summed E-state index contributed by atoms with van der Waals surface area (Å²) in [6.45, 7) is 2.35. The lowest BCUT2D eigenvalue weighted by Crippen LogP contribution is -2.16. The van der Waals surface area contributed by atoms with Gasteiger partial charge in [-0.05, 0) is 25.7 Å². The van der Waals surface area contributed by atoms with Gasteiger partial charge in [0, 0.05) is 6.66 Å². The van der Waals surface area contributed by atoms with E-state index >= 15 is 0 Å². The SMILES string of the molecule is CP(=O)(OCCCCCCC(N)C#N)OCCCCCCC(N)C#N. The Labute approximate surface area is 152 Å². The molecule has 144 valence electrons. The summed E-state index contributed by atoms with van der Waals surface area (Å²) in [6.07, 6.45) is 8.83. The third-order valence-electron chi connectivity index (χ3n) is 3.80. The topological polar surface area (TPSA) is 135 Å². The molecule has 0 rings (SSSR count). The molecule has 0 saturated heterocycles. The van der Waals surface area contributed by atoms with Crippen molar-refractivity contribution in [2.45, 2.75) is 76.3 Å². The van der Waals surface area contributed by atoms with Gasteiger partial charge in [0.15, 0.2) is 0 Å². The molecule has 0 aliphatic carbocycles. The maximum Gasteiger partial charge on any atom is 0.327 e. The van der Waals surface area contributed by atoms with Crippen LogP contribution >= 0.6 is 7.60 Å².